The first kappa shape index (κ1) is 17.9. The quantitative estimate of drug-likeness (QED) is 0.636. The number of aromatic nitrogens is 1. The number of pyridine rings is 1. The first-order valence-corrected chi connectivity index (χ1v) is 8.19. The Hall–Kier alpha value is -1.13. The number of likely N-dealkylation sites (N-methyl/N-ethyl adjacent to an activating group) is 1. The maximum absolute atomic E-state index is 5.20. The molecule has 0 spiro atoms. The average molecular weight is 293 g/mol. The van der Waals surface area contributed by atoms with Gasteiger partial charge in [0.1, 0.15) is 5.82 Å². The maximum atomic E-state index is 5.20. The number of nitrogens with one attached hydrogen (secondary N) is 1. The molecule has 0 radical (unpaired) electrons. The number of hydrogen-bond acceptors (Lipinski definition) is 4. The molecule has 0 fully saturated rings. The molecule has 1 heterocycles. The van der Waals surface area contributed by atoms with Crippen molar-refractivity contribution in [2.75, 3.05) is 38.3 Å². The largest absolute Gasteiger partial charge is 0.383 e. The van der Waals surface area contributed by atoms with Crippen molar-refractivity contribution in [3.05, 3.63) is 23.4 Å². The predicted molar refractivity (Wildman–Crippen MR) is 90.0 cm³/mol. The van der Waals surface area contributed by atoms with E-state index in [-0.39, 0.29) is 0 Å². The van der Waals surface area contributed by atoms with Gasteiger partial charge in [-0.2, -0.15) is 0 Å². The molecule has 0 aliphatic carbocycles. The fourth-order valence-electron chi connectivity index (χ4n) is 2.33. The molecule has 1 N–H and O–H groups in total. The van der Waals surface area contributed by atoms with Gasteiger partial charge in [-0.25, -0.2) is 4.98 Å². The second-order valence-electron chi connectivity index (χ2n) is 5.32. The monoisotopic (exact) mass is 293 g/mol. The smallest absolute Gasteiger partial charge is 0.129 e. The summed E-state index contributed by atoms with van der Waals surface area (Å²) in [5.74, 6) is 1.08. The third kappa shape index (κ3) is 6.44. The molecular weight excluding hydrogens is 262 g/mol. The summed E-state index contributed by atoms with van der Waals surface area (Å²) in [5, 5.41) is 3.48. The number of rotatable bonds is 11. The zero-order valence-electron chi connectivity index (χ0n) is 14.1. The molecule has 0 aromatic carbocycles. The van der Waals surface area contributed by atoms with Crippen LogP contribution in [0.1, 0.15) is 44.9 Å². The molecule has 1 aromatic rings. The number of anilines is 1. The number of aryl methyl sites for hydroxylation is 1. The highest BCUT2D eigenvalue weighted by atomic mass is 16.5. The fraction of sp³-hybridized carbons (Fsp3) is 0.706. The summed E-state index contributed by atoms with van der Waals surface area (Å²) in [5.41, 5.74) is 2.52. The Bertz CT molecular complexity index is 396. The van der Waals surface area contributed by atoms with Gasteiger partial charge in [-0.15, -0.1) is 0 Å². The van der Waals surface area contributed by atoms with Crippen LogP contribution in [0.5, 0.6) is 0 Å². The van der Waals surface area contributed by atoms with Gasteiger partial charge in [0.05, 0.1) is 6.61 Å². The number of ether oxygens (including phenoxy) is 1. The lowest BCUT2D eigenvalue weighted by Crippen LogP contribution is -2.28. The van der Waals surface area contributed by atoms with Crippen LogP contribution in [0.3, 0.4) is 0 Å². The van der Waals surface area contributed by atoms with E-state index in [2.05, 4.69) is 43.1 Å². The predicted octanol–water partition coefficient (Wildman–Crippen LogP) is 3.01. The molecule has 0 aliphatic heterocycles. The summed E-state index contributed by atoms with van der Waals surface area (Å²) in [6.07, 6.45) is 3.33. The minimum absolute atomic E-state index is 0.733. The van der Waals surface area contributed by atoms with Gasteiger partial charge in [-0.1, -0.05) is 20.3 Å². The Morgan fingerprint density at radius 1 is 1.19 bits per heavy atom. The SMILES string of the molecule is CCCNCc1cc(CCC)nc(N(CC)CCOC)c1. The molecular formula is C17H31N3O. The van der Waals surface area contributed by atoms with Crippen LogP contribution in [0.4, 0.5) is 5.82 Å². The van der Waals surface area contributed by atoms with Gasteiger partial charge in [-0.3, -0.25) is 0 Å². The Labute approximate surface area is 129 Å². The van der Waals surface area contributed by atoms with Crippen LogP contribution in [0.15, 0.2) is 12.1 Å². The Balaban J connectivity index is 2.88. The molecule has 0 aliphatic rings. The van der Waals surface area contributed by atoms with Crippen LogP contribution in [0, 0.1) is 0 Å². The zero-order chi connectivity index (χ0) is 15.5. The van der Waals surface area contributed by atoms with Gasteiger partial charge < -0.3 is 15.0 Å². The van der Waals surface area contributed by atoms with E-state index >= 15 is 0 Å². The van der Waals surface area contributed by atoms with Crippen LogP contribution < -0.4 is 10.2 Å². The molecule has 0 amide bonds. The van der Waals surface area contributed by atoms with E-state index in [4.69, 9.17) is 9.72 Å². The average Bonchev–Trinajstić information content (AvgIpc) is 2.48. The summed E-state index contributed by atoms with van der Waals surface area (Å²) >= 11 is 0. The highest BCUT2D eigenvalue weighted by Gasteiger charge is 2.09. The lowest BCUT2D eigenvalue weighted by atomic mass is 10.1. The van der Waals surface area contributed by atoms with Crippen LogP contribution in [0.2, 0.25) is 0 Å². The van der Waals surface area contributed by atoms with E-state index in [1.807, 2.05) is 0 Å². The second kappa shape index (κ2) is 10.6. The molecule has 120 valence electrons. The lowest BCUT2D eigenvalue weighted by Gasteiger charge is -2.23. The van der Waals surface area contributed by atoms with Crippen molar-refractivity contribution in [1.82, 2.24) is 10.3 Å². The summed E-state index contributed by atoms with van der Waals surface area (Å²) in [6, 6.07) is 4.45. The third-order valence-corrected chi connectivity index (χ3v) is 3.46. The first-order valence-electron chi connectivity index (χ1n) is 8.19. The number of methoxy groups -OCH3 is 1. The highest BCUT2D eigenvalue weighted by Crippen LogP contribution is 2.16. The van der Waals surface area contributed by atoms with E-state index in [0.717, 1.165) is 57.9 Å². The van der Waals surface area contributed by atoms with E-state index in [9.17, 15) is 0 Å². The molecule has 0 saturated carbocycles. The summed E-state index contributed by atoms with van der Waals surface area (Å²) in [7, 11) is 1.74. The molecule has 4 nitrogen and oxygen atoms in total. The van der Waals surface area contributed by atoms with Crippen molar-refractivity contribution in [2.24, 2.45) is 0 Å². The molecule has 0 bridgehead atoms. The van der Waals surface area contributed by atoms with Crippen molar-refractivity contribution >= 4 is 5.82 Å². The zero-order valence-corrected chi connectivity index (χ0v) is 14.1. The normalized spacial score (nSPS) is 10.9. The van der Waals surface area contributed by atoms with Crippen LogP contribution in [-0.2, 0) is 17.7 Å². The molecule has 0 saturated heterocycles. The Morgan fingerprint density at radius 2 is 2.00 bits per heavy atom. The van der Waals surface area contributed by atoms with Crippen molar-refractivity contribution < 1.29 is 4.74 Å². The van der Waals surface area contributed by atoms with Crippen LogP contribution in [0.25, 0.3) is 0 Å². The van der Waals surface area contributed by atoms with Gasteiger partial charge in [-0.05, 0) is 44.0 Å². The summed E-state index contributed by atoms with van der Waals surface area (Å²) < 4.78 is 5.20. The molecule has 0 atom stereocenters. The van der Waals surface area contributed by atoms with E-state index in [0.29, 0.717) is 0 Å². The second-order valence-corrected chi connectivity index (χ2v) is 5.32. The van der Waals surface area contributed by atoms with E-state index in [1.54, 1.807) is 7.11 Å². The Morgan fingerprint density at radius 3 is 2.62 bits per heavy atom. The molecule has 1 aromatic heterocycles. The topological polar surface area (TPSA) is 37.4 Å². The summed E-state index contributed by atoms with van der Waals surface area (Å²) in [6.45, 7) is 11.1. The van der Waals surface area contributed by atoms with Crippen LogP contribution in [-0.4, -0.2) is 38.3 Å². The standard InChI is InChI=1S/C17H31N3O/c1-5-8-16-12-15(14-18-9-6-2)13-17(19-16)20(7-3)10-11-21-4/h12-13,18H,5-11,14H2,1-4H3. The molecule has 21 heavy (non-hydrogen) atoms. The van der Waals surface area contributed by atoms with Crippen molar-refractivity contribution in [1.29, 1.82) is 0 Å². The number of nitrogens with zero attached hydrogens (tertiary/aromatic N) is 2. The maximum Gasteiger partial charge on any atom is 0.129 e. The van der Waals surface area contributed by atoms with Crippen LogP contribution >= 0.6 is 0 Å². The van der Waals surface area contributed by atoms with Gasteiger partial charge in [0.25, 0.3) is 0 Å². The van der Waals surface area contributed by atoms with Gasteiger partial charge in [0, 0.05) is 32.4 Å². The lowest BCUT2D eigenvalue weighted by molar-refractivity contribution is 0.205. The van der Waals surface area contributed by atoms with Gasteiger partial charge in [0.2, 0.25) is 0 Å². The first-order chi connectivity index (χ1) is 10.2. The van der Waals surface area contributed by atoms with Crippen molar-refractivity contribution in [3.8, 4) is 0 Å². The van der Waals surface area contributed by atoms with E-state index < -0.39 is 0 Å². The summed E-state index contributed by atoms with van der Waals surface area (Å²) in [4.78, 5) is 7.10. The van der Waals surface area contributed by atoms with Gasteiger partial charge in [0.15, 0.2) is 0 Å². The van der Waals surface area contributed by atoms with E-state index in [1.165, 1.54) is 11.3 Å². The van der Waals surface area contributed by atoms with Gasteiger partial charge >= 0.3 is 0 Å². The molecule has 0 unspecified atom stereocenters. The fourth-order valence-corrected chi connectivity index (χ4v) is 2.33. The Kier molecular flexibility index (Phi) is 9.02. The molecule has 4 heteroatoms. The minimum Gasteiger partial charge on any atom is -0.383 e. The minimum atomic E-state index is 0.733. The highest BCUT2D eigenvalue weighted by molar-refractivity contribution is 5.42. The molecule has 1 rings (SSSR count). The third-order valence-electron chi connectivity index (χ3n) is 3.46. The van der Waals surface area contributed by atoms with Crippen molar-refractivity contribution in [2.45, 2.75) is 46.6 Å². The van der Waals surface area contributed by atoms with Crippen molar-refractivity contribution in [3.63, 3.8) is 0 Å². The number of hydrogen-bond donors (Lipinski definition) is 1.